The molecule has 25 heavy (non-hydrogen) atoms. The highest BCUT2D eigenvalue weighted by atomic mass is 35.5. The zero-order valence-electron chi connectivity index (χ0n) is 13.3. The van der Waals surface area contributed by atoms with Gasteiger partial charge in [-0.05, 0) is 31.2 Å². The lowest BCUT2D eigenvalue weighted by atomic mass is 10.3. The molecule has 0 saturated carbocycles. The van der Waals surface area contributed by atoms with E-state index >= 15 is 0 Å². The standard InChI is InChI=1S/C17H16ClFN2O3S/c1-11(24-14-8-4-3-7-13(14)19)17(23)21-20-16(22)10-25-15-9-5-2-6-12(15)18/h2-9,11H,10H2,1H3,(H,20,22)(H,21,23). The summed E-state index contributed by atoms with van der Waals surface area (Å²) < 4.78 is 18.7. The van der Waals surface area contributed by atoms with Crippen LogP contribution in [0.3, 0.4) is 0 Å². The van der Waals surface area contributed by atoms with Gasteiger partial charge in [0.15, 0.2) is 17.7 Å². The van der Waals surface area contributed by atoms with Gasteiger partial charge < -0.3 is 4.74 Å². The molecule has 0 aliphatic carbocycles. The first-order chi connectivity index (χ1) is 12.0. The molecule has 2 amide bonds. The summed E-state index contributed by atoms with van der Waals surface area (Å²) >= 11 is 7.24. The lowest BCUT2D eigenvalue weighted by molar-refractivity contribution is -0.132. The number of amides is 2. The van der Waals surface area contributed by atoms with E-state index in [1.165, 1.54) is 36.9 Å². The number of thioether (sulfide) groups is 1. The van der Waals surface area contributed by atoms with Crippen molar-refractivity contribution in [3.63, 3.8) is 0 Å². The molecule has 5 nitrogen and oxygen atoms in total. The normalized spacial score (nSPS) is 11.5. The Morgan fingerprint density at radius 3 is 2.56 bits per heavy atom. The minimum atomic E-state index is -0.978. The van der Waals surface area contributed by atoms with Crippen LogP contribution in [-0.2, 0) is 9.59 Å². The Labute approximate surface area is 153 Å². The van der Waals surface area contributed by atoms with Crippen LogP contribution >= 0.6 is 23.4 Å². The van der Waals surface area contributed by atoms with Crippen molar-refractivity contribution in [3.05, 3.63) is 59.4 Å². The van der Waals surface area contributed by atoms with Gasteiger partial charge in [-0.15, -0.1) is 11.8 Å². The van der Waals surface area contributed by atoms with Crippen molar-refractivity contribution in [1.29, 1.82) is 0 Å². The van der Waals surface area contributed by atoms with Gasteiger partial charge in [0, 0.05) is 4.90 Å². The van der Waals surface area contributed by atoms with Gasteiger partial charge in [-0.2, -0.15) is 0 Å². The Morgan fingerprint density at radius 1 is 1.16 bits per heavy atom. The highest BCUT2D eigenvalue weighted by Crippen LogP contribution is 2.26. The van der Waals surface area contributed by atoms with Gasteiger partial charge in [0.1, 0.15) is 0 Å². The number of benzene rings is 2. The predicted octanol–water partition coefficient (Wildman–Crippen LogP) is 3.19. The van der Waals surface area contributed by atoms with E-state index < -0.39 is 23.7 Å². The minimum absolute atomic E-state index is 0.0363. The molecule has 0 heterocycles. The Balaban J connectivity index is 1.76. The monoisotopic (exact) mass is 382 g/mol. The van der Waals surface area contributed by atoms with E-state index in [1.54, 1.807) is 24.3 Å². The molecular weight excluding hydrogens is 367 g/mol. The smallest absolute Gasteiger partial charge is 0.279 e. The molecule has 0 spiro atoms. The fourth-order valence-corrected chi connectivity index (χ4v) is 2.80. The molecule has 0 fully saturated rings. The number of carbonyl (C=O) groups excluding carboxylic acids is 2. The van der Waals surface area contributed by atoms with Crippen molar-refractivity contribution in [2.24, 2.45) is 0 Å². The third-order valence-electron chi connectivity index (χ3n) is 3.03. The van der Waals surface area contributed by atoms with Gasteiger partial charge in [0.05, 0.1) is 10.8 Å². The third-order valence-corrected chi connectivity index (χ3v) is 4.55. The molecule has 132 valence electrons. The number of hydrazine groups is 1. The third kappa shape index (κ3) is 5.95. The van der Waals surface area contributed by atoms with Crippen LogP contribution in [0.15, 0.2) is 53.4 Å². The number of carbonyl (C=O) groups is 2. The summed E-state index contributed by atoms with van der Waals surface area (Å²) in [6, 6.07) is 12.9. The Bertz CT molecular complexity index is 760. The molecule has 0 bridgehead atoms. The maximum absolute atomic E-state index is 13.5. The largest absolute Gasteiger partial charge is 0.478 e. The van der Waals surface area contributed by atoms with Gasteiger partial charge in [-0.25, -0.2) is 4.39 Å². The summed E-state index contributed by atoms with van der Waals surface area (Å²) in [4.78, 5) is 24.4. The van der Waals surface area contributed by atoms with E-state index in [2.05, 4.69) is 10.9 Å². The van der Waals surface area contributed by atoms with Crippen LogP contribution in [0.25, 0.3) is 0 Å². The summed E-state index contributed by atoms with van der Waals surface area (Å²) in [5, 5.41) is 0.552. The molecule has 0 aliphatic heterocycles. The summed E-state index contributed by atoms with van der Waals surface area (Å²) in [5.41, 5.74) is 4.52. The van der Waals surface area contributed by atoms with Crippen LogP contribution in [0.1, 0.15) is 6.92 Å². The SMILES string of the molecule is CC(Oc1ccccc1F)C(=O)NNC(=O)CSc1ccccc1Cl. The fraction of sp³-hybridized carbons (Fsp3) is 0.176. The van der Waals surface area contributed by atoms with Gasteiger partial charge >= 0.3 is 0 Å². The van der Waals surface area contributed by atoms with Crippen molar-refractivity contribution >= 4 is 35.2 Å². The van der Waals surface area contributed by atoms with E-state index in [0.29, 0.717) is 5.02 Å². The second-order valence-electron chi connectivity index (χ2n) is 4.95. The van der Waals surface area contributed by atoms with Crippen LogP contribution in [0.5, 0.6) is 5.75 Å². The average molecular weight is 383 g/mol. The van der Waals surface area contributed by atoms with Gasteiger partial charge in [0.2, 0.25) is 5.91 Å². The quantitative estimate of drug-likeness (QED) is 0.594. The minimum Gasteiger partial charge on any atom is -0.478 e. The molecule has 0 radical (unpaired) electrons. The van der Waals surface area contributed by atoms with E-state index in [1.807, 2.05) is 6.07 Å². The number of para-hydroxylation sites is 1. The topological polar surface area (TPSA) is 67.4 Å². The molecule has 0 aromatic heterocycles. The summed E-state index contributed by atoms with van der Waals surface area (Å²) in [5.74, 6) is -1.53. The molecule has 2 N–H and O–H groups in total. The first-order valence-corrected chi connectivity index (χ1v) is 8.71. The molecule has 2 aromatic carbocycles. The van der Waals surface area contributed by atoms with Crippen LogP contribution in [0, 0.1) is 5.82 Å². The summed E-state index contributed by atoms with van der Waals surface area (Å²) in [7, 11) is 0. The lowest BCUT2D eigenvalue weighted by Crippen LogP contribution is -2.47. The maximum atomic E-state index is 13.5. The predicted molar refractivity (Wildman–Crippen MR) is 95.0 cm³/mol. The first kappa shape index (κ1) is 19.1. The Hall–Kier alpha value is -2.25. The Morgan fingerprint density at radius 2 is 1.84 bits per heavy atom. The zero-order chi connectivity index (χ0) is 18.2. The van der Waals surface area contributed by atoms with Crippen LogP contribution in [0.2, 0.25) is 5.02 Å². The highest BCUT2D eigenvalue weighted by molar-refractivity contribution is 8.00. The van der Waals surface area contributed by atoms with Crippen molar-refractivity contribution in [2.45, 2.75) is 17.9 Å². The summed E-state index contributed by atoms with van der Waals surface area (Å²) in [6.07, 6.45) is -0.978. The van der Waals surface area contributed by atoms with Crippen molar-refractivity contribution in [3.8, 4) is 5.75 Å². The fourth-order valence-electron chi connectivity index (χ4n) is 1.76. The second kappa shape index (κ2) is 9.29. The number of ether oxygens (including phenoxy) is 1. The number of nitrogens with one attached hydrogen (secondary N) is 2. The van der Waals surface area contributed by atoms with Gasteiger partial charge in [0.25, 0.3) is 5.91 Å². The molecular formula is C17H16ClFN2O3S. The van der Waals surface area contributed by atoms with E-state index in [0.717, 1.165) is 4.90 Å². The van der Waals surface area contributed by atoms with Crippen molar-refractivity contribution in [1.82, 2.24) is 10.9 Å². The number of rotatable bonds is 6. The second-order valence-corrected chi connectivity index (χ2v) is 6.37. The number of hydrogen-bond acceptors (Lipinski definition) is 4. The van der Waals surface area contributed by atoms with Crippen LogP contribution in [0.4, 0.5) is 4.39 Å². The molecule has 1 unspecified atom stereocenters. The van der Waals surface area contributed by atoms with Crippen LogP contribution < -0.4 is 15.6 Å². The van der Waals surface area contributed by atoms with Crippen LogP contribution in [-0.4, -0.2) is 23.7 Å². The number of halogens is 2. The summed E-state index contributed by atoms with van der Waals surface area (Å²) in [6.45, 7) is 1.45. The average Bonchev–Trinajstić information content (AvgIpc) is 2.60. The molecule has 0 aliphatic rings. The van der Waals surface area contributed by atoms with Gasteiger partial charge in [-0.3, -0.25) is 20.4 Å². The van der Waals surface area contributed by atoms with Crippen molar-refractivity contribution < 1.29 is 18.7 Å². The number of hydrogen-bond donors (Lipinski definition) is 2. The lowest BCUT2D eigenvalue weighted by Gasteiger charge is -2.15. The van der Waals surface area contributed by atoms with E-state index in [-0.39, 0.29) is 11.5 Å². The molecule has 1 atom stereocenters. The van der Waals surface area contributed by atoms with Crippen molar-refractivity contribution in [2.75, 3.05) is 5.75 Å². The zero-order valence-corrected chi connectivity index (χ0v) is 14.9. The molecule has 2 rings (SSSR count). The molecule has 8 heteroatoms. The molecule has 2 aromatic rings. The van der Waals surface area contributed by atoms with E-state index in [9.17, 15) is 14.0 Å². The first-order valence-electron chi connectivity index (χ1n) is 7.34. The highest BCUT2D eigenvalue weighted by Gasteiger charge is 2.17. The Kier molecular flexibility index (Phi) is 7.09. The van der Waals surface area contributed by atoms with Gasteiger partial charge in [-0.1, -0.05) is 35.9 Å². The molecule has 0 saturated heterocycles. The van der Waals surface area contributed by atoms with E-state index in [4.69, 9.17) is 16.3 Å². The maximum Gasteiger partial charge on any atom is 0.279 e.